The molecule has 1 heterocycles. The third kappa shape index (κ3) is 3.63. The van der Waals surface area contributed by atoms with Crippen LogP contribution >= 0.6 is 11.3 Å². The molecule has 2 aromatic rings. The SMILES string of the molecule is CCCC[C@@H](CCO)c1sc2cc(C(F)(F)F)ccc2c1C. The molecule has 0 amide bonds. The second-order valence-electron chi connectivity index (χ2n) is 5.65. The van der Waals surface area contributed by atoms with Crippen LogP contribution < -0.4 is 0 Å². The van der Waals surface area contributed by atoms with Crippen LogP contribution in [0.4, 0.5) is 13.2 Å². The lowest BCUT2D eigenvalue weighted by Crippen LogP contribution is -2.03. The maximum Gasteiger partial charge on any atom is 0.416 e. The summed E-state index contributed by atoms with van der Waals surface area (Å²) in [5.41, 5.74) is 0.461. The average Bonchev–Trinajstić information content (AvgIpc) is 2.79. The van der Waals surface area contributed by atoms with Gasteiger partial charge in [-0.05, 0) is 48.8 Å². The average molecular weight is 330 g/mol. The molecule has 1 aromatic heterocycles. The van der Waals surface area contributed by atoms with Crippen LogP contribution in [-0.4, -0.2) is 11.7 Å². The van der Waals surface area contributed by atoms with Gasteiger partial charge in [0.15, 0.2) is 0 Å². The normalized spacial score (nSPS) is 13.7. The van der Waals surface area contributed by atoms with Crippen molar-refractivity contribution in [1.82, 2.24) is 0 Å². The van der Waals surface area contributed by atoms with Crippen LogP contribution in [0.1, 0.15) is 54.5 Å². The van der Waals surface area contributed by atoms with Crippen LogP contribution in [-0.2, 0) is 6.18 Å². The molecule has 0 aliphatic carbocycles. The predicted octanol–water partition coefficient (Wildman–Crippen LogP) is 5.88. The molecule has 1 N–H and O–H groups in total. The van der Waals surface area contributed by atoms with Crippen LogP contribution in [0, 0.1) is 6.92 Å². The van der Waals surface area contributed by atoms with Crippen LogP contribution in [0.3, 0.4) is 0 Å². The van der Waals surface area contributed by atoms with Gasteiger partial charge >= 0.3 is 6.18 Å². The van der Waals surface area contributed by atoms with Gasteiger partial charge < -0.3 is 5.11 Å². The first kappa shape index (κ1) is 17.3. The van der Waals surface area contributed by atoms with E-state index in [1.165, 1.54) is 17.4 Å². The van der Waals surface area contributed by atoms with Crippen molar-refractivity contribution in [2.24, 2.45) is 0 Å². The Morgan fingerprint density at radius 3 is 2.55 bits per heavy atom. The topological polar surface area (TPSA) is 20.2 Å². The number of hydrogen-bond acceptors (Lipinski definition) is 2. The third-order valence-corrected chi connectivity index (χ3v) is 5.47. The maximum atomic E-state index is 12.8. The van der Waals surface area contributed by atoms with E-state index in [1.54, 1.807) is 6.07 Å². The van der Waals surface area contributed by atoms with E-state index >= 15 is 0 Å². The number of aryl methyl sites for hydroxylation is 1. The summed E-state index contributed by atoms with van der Waals surface area (Å²) >= 11 is 1.44. The summed E-state index contributed by atoms with van der Waals surface area (Å²) < 4.78 is 39.2. The van der Waals surface area contributed by atoms with Crippen molar-refractivity contribution < 1.29 is 18.3 Å². The predicted molar refractivity (Wildman–Crippen MR) is 85.5 cm³/mol. The molecule has 0 radical (unpaired) electrons. The molecule has 1 aromatic carbocycles. The number of alkyl halides is 3. The summed E-state index contributed by atoms with van der Waals surface area (Å²) in [6.45, 7) is 4.19. The van der Waals surface area contributed by atoms with Crippen molar-refractivity contribution in [3.05, 3.63) is 34.2 Å². The largest absolute Gasteiger partial charge is 0.416 e. The molecule has 0 fully saturated rings. The summed E-state index contributed by atoms with van der Waals surface area (Å²) in [4.78, 5) is 1.12. The first-order valence-corrected chi connectivity index (χ1v) is 8.41. The molecule has 0 saturated heterocycles. The lowest BCUT2D eigenvalue weighted by atomic mass is 9.94. The molecule has 0 spiro atoms. The van der Waals surface area contributed by atoms with Gasteiger partial charge in [0.05, 0.1) is 5.56 Å². The van der Waals surface area contributed by atoms with Crippen molar-refractivity contribution in [2.45, 2.75) is 51.6 Å². The maximum absolute atomic E-state index is 12.8. The molecule has 122 valence electrons. The second-order valence-corrected chi connectivity index (χ2v) is 6.74. The number of aliphatic hydroxyl groups is 1. The Morgan fingerprint density at radius 2 is 1.95 bits per heavy atom. The quantitative estimate of drug-likeness (QED) is 0.700. The van der Waals surface area contributed by atoms with Gasteiger partial charge in [0.1, 0.15) is 0 Å². The first-order chi connectivity index (χ1) is 10.4. The highest BCUT2D eigenvalue weighted by atomic mass is 32.1. The minimum atomic E-state index is -4.31. The van der Waals surface area contributed by atoms with E-state index in [2.05, 4.69) is 6.92 Å². The number of aliphatic hydroxyl groups excluding tert-OH is 1. The van der Waals surface area contributed by atoms with Gasteiger partial charge in [-0.3, -0.25) is 0 Å². The van der Waals surface area contributed by atoms with Gasteiger partial charge in [0.2, 0.25) is 0 Å². The summed E-state index contributed by atoms with van der Waals surface area (Å²) in [6, 6.07) is 3.97. The molecule has 22 heavy (non-hydrogen) atoms. The molecule has 0 bridgehead atoms. The van der Waals surface area contributed by atoms with Crippen molar-refractivity contribution in [3.8, 4) is 0 Å². The standard InChI is InChI=1S/C17H21F3OS/c1-3-4-5-12(8-9-21)16-11(2)14-7-6-13(17(18,19)20)10-15(14)22-16/h6-7,10,12,21H,3-5,8-9H2,1-2H3/t12-/m0/s1. The van der Waals surface area contributed by atoms with Crippen LogP contribution in [0.15, 0.2) is 18.2 Å². The molecule has 1 atom stereocenters. The summed E-state index contributed by atoms with van der Waals surface area (Å²) in [7, 11) is 0. The lowest BCUT2D eigenvalue weighted by Gasteiger charge is -2.14. The molecule has 2 rings (SSSR count). The number of hydrogen-bond donors (Lipinski definition) is 1. The van der Waals surface area contributed by atoms with E-state index in [4.69, 9.17) is 0 Å². The molecule has 0 saturated carbocycles. The van der Waals surface area contributed by atoms with Crippen LogP contribution in [0.2, 0.25) is 0 Å². The zero-order valence-corrected chi connectivity index (χ0v) is 13.7. The van der Waals surface area contributed by atoms with E-state index in [0.717, 1.165) is 41.2 Å². The van der Waals surface area contributed by atoms with E-state index in [1.807, 2.05) is 6.92 Å². The van der Waals surface area contributed by atoms with E-state index in [9.17, 15) is 18.3 Å². The Kier molecular flexibility index (Phi) is 5.50. The molecular formula is C17H21F3OS. The van der Waals surface area contributed by atoms with Gasteiger partial charge in [0.25, 0.3) is 0 Å². The van der Waals surface area contributed by atoms with Crippen molar-refractivity contribution in [2.75, 3.05) is 6.61 Å². The summed E-state index contributed by atoms with van der Waals surface area (Å²) in [6.07, 6.45) is -0.536. The second kappa shape index (κ2) is 7.01. The van der Waals surface area contributed by atoms with Gasteiger partial charge in [-0.1, -0.05) is 25.8 Å². The Hall–Kier alpha value is -1.07. The summed E-state index contributed by atoms with van der Waals surface area (Å²) in [5, 5.41) is 10.2. The first-order valence-electron chi connectivity index (χ1n) is 7.59. The highest BCUT2D eigenvalue weighted by Gasteiger charge is 2.31. The third-order valence-electron chi connectivity index (χ3n) is 4.06. The van der Waals surface area contributed by atoms with Crippen molar-refractivity contribution >= 4 is 21.4 Å². The van der Waals surface area contributed by atoms with Crippen LogP contribution in [0.25, 0.3) is 10.1 Å². The monoisotopic (exact) mass is 330 g/mol. The van der Waals surface area contributed by atoms with E-state index in [0.29, 0.717) is 11.1 Å². The fraction of sp³-hybridized carbons (Fsp3) is 0.529. The number of rotatable bonds is 6. The van der Waals surface area contributed by atoms with E-state index in [-0.39, 0.29) is 12.5 Å². The Bertz CT molecular complexity index is 631. The van der Waals surface area contributed by atoms with Gasteiger partial charge in [-0.25, -0.2) is 0 Å². The molecule has 0 unspecified atom stereocenters. The molecule has 1 nitrogen and oxygen atoms in total. The molecule has 0 aliphatic rings. The number of unbranched alkanes of at least 4 members (excludes halogenated alkanes) is 1. The zero-order valence-electron chi connectivity index (χ0n) is 12.8. The fourth-order valence-corrected chi connectivity index (χ4v) is 4.24. The number of fused-ring (bicyclic) bond motifs is 1. The smallest absolute Gasteiger partial charge is 0.396 e. The van der Waals surface area contributed by atoms with Gasteiger partial charge in [-0.2, -0.15) is 13.2 Å². The fourth-order valence-electron chi connectivity index (χ4n) is 2.82. The Morgan fingerprint density at radius 1 is 1.23 bits per heavy atom. The Balaban J connectivity index is 2.43. The molecule has 0 aliphatic heterocycles. The van der Waals surface area contributed by atoms with Gasteiger partial charge in [0, 0.05) is 16.2 Å². The summed E-state index contributed by atoms with van der Waals surface area (Å²) in [5.74, 6) is 0.233. The van der Waals surface area contributed by atoms with Crippen LogP contribution in [0.5, 0.6) is 0 Å². The molecular weight excluding hydrogens is 309 g/mol. The van der Waals surface area contributed by atoms with Crippen molar-refractivity contribution in [3.63, 3.8) is 0 Å². The number of halogens is 3. The van der Waals surface area contributed by atoms with Crippen molar-refractivity contribution in [1.29, 1.82) is 0 Å². The number of benzene rings is 1. The zero-order chi connectivity index (χ0) is 16.3. The highest BCUT2D eigenvalue weighted by molar-refractivity contribution is 7.19. The number of thiophene rings is 1. The van der Waals surface area contributed by atoms with E-state index < -0.39 is 11.7 Å². The highest BCUT2D eigenvalue weighted by Crippen LogP contribution is 2.41. The van der Waals surface area contributed by atoms with Gasteiger partial charge in [-0.15, -0.1) is 11.3 Å². The lowest BCUT2D eigenvalue weighted by molar-refractivity contribution is -0.137. The Labute approximate surface area is 132 Å². The minimum Gasteiger partial charge on any atom is -0.396 e. The molecule has 5 heteroatoms. The minimum absolute atomic E-state index is 0.107.